The summed E-state index contributed by atoms with van der Waals surface area (Å²) in [5.74, 6) is -1.01. The molecule has 7 heteroatoms. The second kappa shape index (κ2) is 5.83. The second-order valence-electron chi connectivity index (χ2n) is 5.58. The number of hydrogen-bond acceptors (Lipinski definition) is 5. The predicted molar refractivity (Wildman–Crippen MR) is 88.1 cm³/mol. The van der Waals surface area contributed by atoms with Gasteiger partial charge >= 0.3 is 5.97 Å². The lowest BCUT2D eigenvalue weighted by Crippen LogP contribution is -2.11. The molecule has 0 spiro atoms. The van der Waals surface area contributed by atoms with Crippen LogP contribution in [0.3, 0.4) is 0 Å². The predicted octanol–water partition coefficient (Wildman–Crippen LogP) is 2.80. The van der Waals surface area contributed by atoms with Crippen LogP contribution in [-0.2, 0) is 0 Å². The molecule has 0 bridgehead atoms. The standard InChI is InChI=1S/C16H19N5O2/c1-4-5-6-17-14-11(16(22)23)8-18-15-13(14)10(3)19-12-7-9(2)20-21(12)15/h7-8H,4-6H2,1-3H3,(H,17,18)(H,22,23). The molecule has 3 aromatic heterocycles. The van der Waals surface area contributed by atoms with Crippen LogP contribution in [-0.4, -0.2) is 37.2 Å². The van der Waals surface area contributed by atoms with E-state index in [0.717, 1.165) is 24.2 Å². The molecule has 7 nitrogen and oxygen atoms in total. The Morgan fingerprint density at radius 3 is 2.87 bits per heavy atom. The number of pyridine rings is 1. The highest BCUT2D eigenvalue weighted by atomic mass is 16.4. The molecule has 0 aromatic carbocycles. The van der Waals surface area contributed by atoms with E-state index in [1.165, 1.54) is 6.20 Å². The molecular formula is C16H19N5O2. The van der Waals surface area contributed by atoms with Crippen molar-refractivity contribution in [2.45, 2.75) is 33.6 Å². The largest absolute Gasteiger partial charge is 0.478 e. The van der Waals surface area contributed by atoms with Gasteiger partial charge in [0, 0.05) is 18.8 Å². The van der Waals surface area contributed by atoms with Crippen molar-refractivity contribution in [1.29, 1.82) is 0 Å². The van der Waals surface area contributed by atoms with E-state index in [1.54, 1.807) is 4.52 Å². The van der Waals surface area contributed by atoms with E-state index >= 15 is 0 Å². The van der Waals surface area contributed by atoms with Crippen LogP contribution in [0.25, 0.3) is 16.7 Å². The highest BCUT2D eigenvalue weighted by molar-refractivity contribution is 6.04. The summed E-state index contributed by atoms with van der Waals surface area (Å²) in [6, 6.07) is 1.88. The van der Waals surface area contributed by atoms with Crippen LogP contribution in [0.15, 0.2) is 12.3 Å². The Hall–Kier alpha value is -2.70. The third kappa shape index (κ3) is 2.58. The number of carboxylic acids is 1. The summed E-state index contributed by atoms with van der Waals surface area (Å²) in [6.07, 6.45) is 3.37. The Morgan fingerprint density at radius 1 is 1.39 bits per heavy atom. The minimum atomic E-state index is -1.01. The van der Waals surface area contributed by atoms with Gasteiger partial charge in [-0.05, 0) is 20.3 Å². The first-order valence-corrected chi connectivity index (χ1v) is 7.65. The number of nitrogens with zero attached hydrogens (tertiary/aromatic N) is 4. The monoisotopic (exact) mass is 313 g/mol. The number of nitrogens with one attached hydrogen (secondary N) is 1. The number of aryl methyl sites for hydroxylation is 2. The van der Waals surface area contributed by atoms with Crippen LogP contribution in [0, 0.1) is 13.8 Å². The van der Waals surface area contributed by atoms with E-state index < -0.39 is 5.97 Å². The quantitative estimate of drug-likeness (QED) is 0.704. The fourth-order valence-electron chi connectivity index (χ4n) is 2.69. The summed E-state index contributed by atoms with van der Waals surface area (Å²) in [7, 11) is 0. The molecule has 2 N–H and O–H groups in total. The molecule has 0 fully saturated rings. The van der Waals surface area contributed by atoms with Crippen LogP contribution in [0.2, 0.25) is 0 Å². The van der Waals surface area contributed by atoms with Gasteiger partial charge in [0.1, 0.15) is 5.56 Å². The first kappa shape index (κ1) is 15.2. The Bertz CT molecular complexity index is 900. The molecule has 3 heterocycles. The Labute approximate surface area is 133 Å². The fourth-order valence-corrected chi connectivity index (χ4v) is 2.69. The second-order valence-corrected chi connectivity index (χ2v) is 5.58. The van der Waals surface area contributed by atoms with Crippen LogP contribution in [0.1, 0.15) is 41.5 Å². The molecule has 0 radical (unpaired) electrons. The van der Waals surface area contributed by atoms with E-state index in [4.69, 9.17) is 0 Å². The molecule has 120 valence electrons. The van der Waals surface area contributed by atoms with E-state index in [-0.39, 0.29) is 5.56 Å². The lowest BCUT2D eigenvalue weighted by Gasteiger charge is -2.14. The lowest BCUT2D eigenvalue weighted by atomic mass is 10.1. The van der Waals surface area contributed by atoms with Crippen molar-refractivity contribution in [3.05, 3.63) is 29.2 Å². The average molecular weight is 313 g/mol. The molecule has 23 heavy (non-hydrogen) atoms. The van der Waals surface area contributed by atoms with Gasteiger partial charge in [0.2, 0.25) is 0 Å². The summed E-state index contributed by atoms with van der Waals surface area (Å²) in [4.78, 5) is 20.4. The number of anilines is 1. The van der Waals surface area contributed by atoms with Crippen LogP contribution >= 0.6 is 0 Å². The number of aromatic carboxylic acids is 1. The molecule has 0 unspecified atom stereocenters. The van der Waals surface area contributed by atoms with Gasteiger partial charge in [-0.1, -0.05) is 13.3 Å². The molecule has 0 aliphatic heterocycles. The maximum atomic E-state index is 11.6. The minimum absolute atomic E-state index is 0.154. The highest BCUT2D eigenvalue weighted by Gasteiger charge is 2.19. The zero-order valence-corrected chi connectivity index (χ0v) is 13.4. The maximum absolute atomic E-state index is 11.6. The topological polar surface area (TPSA) is 92.4 Å². The summed E-state index contributed by atoms with van der Waals surface area (Å²) >= 11 is 0. The Kier molecular flexibility index (Phi) is 3.85. The van der Waals surface area contributed by atoms with Crippen molar-refractivity contribution < 1.29 is 9.90 Å². The van der Waals surface area contributed by atoms with E-state index in [2.05, 4.69) is 27.3 Å². The Balaban J connectivity index is 2.31. The van der Waals surface area contributed by atoms with Crippen molar-refractivity contribution in [2.75, 3.05) is 11.9 Å². The van der Waals surface area contributed by atoms with Crippen LogP contribution < -0.4 is 5.32 Å². The highest BCUT2D eigenvalue weighted by Crippen LogP contribution is 2.29. The summed E-state index contributed by atoms with van der Waals surface area (Å²) in [5, 5.41) is 17.8. The average Bonchev–Trinajstić information content (AvgIpc) is 2.87. The zero-order valence-electron chi connectivity index (χ0n) is 13.4. The SMILES string of the molecule is CCCCNc1c(C(=O)O)cnc2c1c(C)nc1cc(C)nn12. The molecule has 0 atom stereocenters. The Morgan fingerprint density at radius 2 is 2.17 bits per heavy atom. The van der Waals surface area contributed by atoms with Crippen molar-refractivity contribution in [3.63, 3.8) is 0 Å². The smallest absolute Gasteiger partial charge is 0.339 e. The van der Waals surface area contributed by atoms with Gasteiger partial charge in [-0.25, -0.2) is 14.8 Å². The van der Waals surface area contributed by atoms with Gasteiger partial charge in [0.25, 0.3) is 0 Å². The van der Waals surface area contributed by atoms with E-state index in [1.807, 2.05) is 19.9 Å². The molecule has 0 amide bonds. The van der Waals surface area contributed by atoms with Crippen LogP contribution in [0.5, 0.6) is 0 Å². The molecule has 3 rings (SSSR count). The van der Waals surface area contributed by atoms with Crippen molar-refractivity contribution in [1.82, 2.24) is 19.6 Å². The fraction of sp³-hybridized carbons (Fsp3) is 0.375. The first-order chi connectivity index (χ1) is 11.0. The number of hydrogen-bond donors (Lipinski definition) is 2. The maximum Gasteiger partial charge on any atom is 0.339 e. The molecule has 3 aromatic rings. The summed E-state index contributed by atoms with van der Waals surface area (Å²) < 4.78 is 1.66. The van der Waals surface area contributed by atoms with Gasteiger partial charge in [0.05, 0.1) is 22.5 Å². The lowest BCUT2D eigenvalue weighted by molar-refractivity contribution is 0.0697. The number of carbonyl (C=O) groups is 1. The van der Waals surface area contributed by atoms with Gasteiger partial charge < -0.3 is 10.4 Å². The van der Waals surface area contributed by atoms with Crippen molar-refractivity contribution in [2.24, 2.45) is 0 Å². The van der Waals surface area contributed by atoms with Crippen molar-refractivity contribution in [3.8, 4) is 0 Å². The molecule has 0 aliphatic carbocycles. The number of rotatable bonds is 5. The van der Waals surface area contributed by atoms with Gasteiger partial charge in [-0.2, -0.15) is 9.61 Å². The van der Waals surface area contributed by atoms with Gasteiger partial charge in [-0.3, -0.25) is 0 Å². The molecular weight excluding hydrogens is 294 g/mol. The van der Waals surface area contributed by atoms with Crippen molar-refractivity contribution >= 4 is 28.3 Å². The number of carboxylic acid groups (broad SMARTS) is 1. The number of fused-ring (bicyclic) bond motifs is 3. The van der Waals surface area contributed by atoms with Gasteiger partial charge in [-0.15, -0.1) is 0 Å². The zero-order chi connectivity index (χ0) is 16.6. The summed E-state index contributed by atoms with van der Waals surface area (Å²) in [5.41, 5.74) is 3.63. The first-order valence-electron chi connectivity index (χ1n) is 7.65. The third-order valence-corrected chi connectivity index (χ3v) is 3.78. The minimum Gasteiger partial charge on any atom is -0.478 e. The van der Waals surface area contributed by atoms with Crippen LogP contribution in [0.4, 0.5) is 5.69 Å². The number of aromatic nitrogens is 4. The molecule has 0 aliphatic rings. The van der Waals surface area contributed by atoms with Gasteiger partial charge in [0.15, 0.2) is 11.3 Å². The summed E-state index contributed by atoms with van der Waals surface area (Å²) in [6.45, 7) is 6.55. The number of unbranched alkanes of at least 4 members (excludes halogenated alkanes) is 1. The molecule has 0 saturated carbocycles. The molecule has 0 saturated heterocycles. The van der Waals surface area contributed by atoms with E-state index in [9.17, 15) is 9.90 Å². The third-order valence-electron chi connectivity index (χ3n) is 3.78. The normalized spacial score (nSPS) is 11.3. The van der Waals surface area contributed by atoms with E-state index in [0.29, 0.717) is 28.9 Å².